The van der Waals surface area contributed by atoms with Gasteiger partial charge in [0.1, 0.15) is 5.25 Å². The average molecular weight is 374 g/mol. The number of carbonyl (C=O) groups excluding carboxylic acids is 1. The molecule has 9 heteroatoms. The third-order valence-electron chi connectivity index (χ3n) is 3.97. The number of hydrogen-bond donors (Lipinski definition) is 1. The number of rotatable bonds is 5. The summed E-state index contributed by atoms with van der Waals surface area (Å²) >= 11 is 1.18. The van der Waals surface area contributed by atoms with E-state index >= 15 is 0 Å². The fourth-order valence-electron chi connectivity index (χ4n) is 2.59. The fraction of sp³-hybridized carbons (Fsp3) is 0.294. The number of nitrogens with zero attached hydrogens (tertiary/aromatic N) is 3. The Kier molecular flexibility index (Phi) is 4.99. The first kappa shape index (κ1) is 18.0. The van der Waals surface area contributed by atoms with E-state index in [1.807, 2.05) is 30.3 Å². The lowest BCUT2D eigenvalue weighted by atomic mass is 10.2. The van der Waals surface area contributed by atoms with E-state index in [1.54, 1.807) is 18.5 Å². The van der Waals surface area contributed by atoms with E-state index < -0.39 is 22.5 Å². The van der Waals surface area contributed by atoms with Crippen molar-refractivity contribution < 1.29 is 9.53 Å². The third kappa shape index (κ3) is 3.30. The second-order valence-corrected chi connectivity index (χ2v) is 7.05. The van der Waals surface area contributed by atoms with E-state index in [0.717, 1.165) is 5.56 Å². The van der Waals surface area contributed by atoms with Gasteiger partial charge in [-0.2, -0.15) is 0 Å². The van der Waals surface area contributed by atoms with Crippen LogP contribution in [0.25, 0.3) is 11.2 Å². The molecule has 0 saturated heterocycles. The number of imidazole rings is 1. The Morgan fingerprint density at radius 1 is 1.31 bits per heavy atom. The lowest BCUT2D eigenvalue weighted by molar-refractivity contribution is -0.139. The summed E-state index contributed by atoms with van der Waals surface area (Å²) in [5.41, 5.74) is 0.478. The second kappa shape index (κ2) is 7.20. The van der Waals surface area contributed by atoms with Gasteiger partial charge in [0.15, 0.2) is 16.3 Å². The van der Waals surface area contributed by atoms with E-state index in [4.69, 9.17) is 4.74 Å². The number of carbonyl (C=O) groups is 1. The van der Waals surface area contributed by atoms with Gasteiger partial charge in [0.2, 0.25) is 0 Å². The van der Waals surface area contributed by atoms with Gasteiger partial charge in [-0.3, -0.25) is 19.1 Å². The molecule has 1 N–H and O–H groups in total. The SMILES string of the molecule is COC(=O)[C@@H](C)Sc1nc2c(c(=O)[nH]c(=O)n2C)n1Cc1ccccc1. The molecule has 3 rings (SSSR count). The van der Waals surface area contributed by atoms with Crippen LogP contribution in [0.15, 0.2) is 45.1 Å². The molecule has 3 aromatic rings. The van der Waals surface area contributed by atoms with Crippen LogP contribution in [0.5, 0.6) is 0 Å². The molecule has 0 saturated carbocycles. The lowest BCUT2D eigenvalue weighted by Gasteiger charge is -2.11. The lowest BCUT2D eigenvalue weighted by Crippen LogP contribution is -2.29. The predicted octanol–water partition coefficient (Wildman–Crippen LogP) is 1.13. The van der Waals surface area contributed by atoms with Gasteiger partial charge in [0.05, 0.1) is 13.7 Å². The summed E-state index contributed by atoms with van der Waals surface area (Å²) in [4.78, 5) is 42.8. The molecule has 0 fully saturated rings. The van der Waals surface area contributed by atoms with Crippen LogP contribution >= 0.6 is 11.8 Å². The van der Waals surface area contributed by atoms with Crippen LogP contribution in [0.1, 0.15) is 12.5 Å². The van der Waals surface area contributed by atoms with E-state index in [9.17, 15) is 14.4 Å². The van der Waals surface area contributed by atoms with Gasteiger partial charge in [0, 0.05) is 7.05 Å². The minimum absolute atomic E-state index is 0.272. The number of thioether (sulfide) groups is 1. The largest absolute Gasteiger partial charge is 0.468 e. The standard InChI is InChI=1S/C17H18N4O4S/c1-10(15(23)25-3)26-17-18-13-12(14(22)19-16(24)20(13)2)21(17)9-11-7-5-4-6-8-11/h4-8,10H,9H2,1-3H3,(H,19,22,24)/t10-/m1/s1. The zero-order valence-corrected chi connectivity index (χ0v) is 15.4. The first-order chi connectivity index (χ1) is 12.4. The average Bonchev–Trinajstić information content (AvgIpc) is 2.98. The molecular weight excluding hydrogens is 356 g/mol. The summed E-state index contributed by atoms with van der Waals surface area (Å²) in [6, 6.07) is 9.57. The molecule has 0 bridgehead atoms. The van der Waals surface area contributed by atoms with E-state index in [-0.39, 0.29) is 11.2 Å². The third-order valence-corrected chi connectivity index (χ3v) is 5.04. The summed E-state index contributed by atoms with van der Waals surface area (Å²) in [7, 11) is 2.86. The van der Waals surface area contributed by atoms with Gasteiger partial charge < -0.3 is 9.30 Å². The number of aromatic nitrogens is 4. The number of benzene rings is 1. The predicted molar refractivity (Wildman–Crippen MR) is 98.5 cm³/mol. The van der Waals surface area contributed by atoms with Crippen molar-refractivity contribution >= 4 is 28.9 Å². The van der Waals surface area contributed by atoms with Crippen molar-refractivity contribution in [3.8, 4) is 0 Å². The second-order valence-electron chi connectivity index (χ2n) is 5.74. The normalized spacial score (nSPS) is 12.3. The maximum atomic E-state index is 12.4. The Morgan fingerprint density at radius 3 is 2.65 bits per heavy atom. The Balaban J connectivity index is 2.19. The van der Waals surface area contributed by atoms with Crippen molar-refractivity contribution in [1.29, 1.82) is 0 Å². The topological polar surface area (TPSA) is 99.0 Å². The smallest absolute Gasteiger partial charge is 0.329 e. The molecular formula is C17H18N4O4S. The summed E-state index contributed by atoms with van der Waals surface area (Å²) in [5.74, 6) is -0.392. The molecule has 8 nitrogen and oxygen atoms in total. The molecule has 1 aromatic carbocycles. The Hall–Kier alpha value is -2.81. The number of hydrogen-bond acceptors (Lipinski definition) is 6. The van der Waals surface area contributed by atoms with Crippen molar-refractivity contribution in [1.82, 2.24) is 19.1 Å². The minimum atomic E-state index is -0.538. The minimum Gasteiger partial charge on any atom is -0.468 e. The Bertz CT molecular complexity index is 1070. The molecule has 0 spiro atoms. The molecule has 26 heavy (non-hydrogen) atoms. The van der Waals surface area contributed by atoms with Crippen LogP contribution in [0.3, 0.4) is 0 Å². The van der Waals surface area contributed by atoms with Gasteiger partial charge >= 0.3 is 11.7 Å². The molecule has 2 aromatic heterocycles. The molecule has 0 unspecified atom stereocenters. The summed E-state index contributed by atoms with van der Waals surface area (Å²) in [5, 5.41) is -0.0455. The van der Waals surface area contributed by atoms with Crippen LogP contribution in [0.4, 0.5) is 0 Å². The van der Waals surface area contributed by atoms with Crippen LogP contribution < -0.4 is 11.2 Å². The number of aryl methyl sites for hydroxylation is 1. The number of esters is 1. The summed E-state index contributed by atoms with van der Waals surface area (Å²) < 4.78 is 7.76. The Morgan fingerprint density at radius 2 is 2.00 bits per heavy atom. The number of methoxy groups -OCH3 is 1. The van der Waals surface area contributed by atoms with Gasteiger partial charge in [0.25, 0.3) is 5.56 Å². The number of fused-ring (bicyclic) bond motifs is 1. The maximum Gasteiger partial charge on any atom is 0.329 e. The number of nitrogens with one attached hydrogen (secondary N) is 1. The zero-order valence-electron chi connectivity index (χ0n) is 14.6. The molecule has 136 valence electrons. The molecule has 0 aliphatic carbocycles. The summed E-state index contributed by atoms with van der Waals surface area (Å²) in [6.45, 7) is 2.08. The van der Waals surface area contributed by atoms with Gasteiger partial charge in [-0.25, -0.2) is 9.78 Å². The van der Waals surface area contributed by atoms with Crippen molar-refractivity contribution in [2.45, 2.75) is 23.9 Å². The van der Waals surface area contributed by atoms with Gasteiger partial charge in [-0.1, -0.05) is 42.1 Å². The zero-order chi connectivity index (χ0) is 18.8. The van der Waals surface area contributed by atoms with E-state index in [2.05, 4.69) is 9.97 Å². The number of aromatic amines is 1. The molecule has 0 radical (unpaired) electrons. The monoisotopic (exact) mass is 374 g/mol. The first-order valence-corrected chi connectivity index (χ1v) is 8.78. The number of H-pyrrole nitrogens is 1. The van der Waals surface area contributed by atoms with Crippen molar-refractivity contribution in [2.24, 2.45) is 7.05 Å². The summed E-state index contributed by atoms with van der Waals surface area (Å²) in [6.07, 6.45) is 0. The van der Waals surface area contributed by atoms with Crippen LogP contribution in [0.2, 0.25) is 0 Å². The van der Waals surface area contributed by atoms with Crippen LogP contribution in [-0.4, -0.2) is 37.4 Å². The molecule has 2 heterocycles. The highest BCUT2D eigenvalue weighted by atomic mass is 32.2. The Labute approximate surface area is 152 Å². The van der Waals surface area contributed by atoms with Crippen LogP contribution in [0, 0.1) is 0 Å². The molecule has 0 aliphatic heterocycles. The van der Waals surface area contributed by atoms with E-state index in [0.29, 0.717) is 11.7 Å². The van der Waals surface area contributed by atoms with Gasteiger partial charge in [-0.15, -0.1) is 0 Å². The highest BCUT2D eigenvalue weighted by Gasteiger charge is 2.22. The van der Waals surface area contributed by atoms with E-state index in [1.165, 1.54) is 23.4 Å². The van der Waals surface area contributed by atoms with Crippen molar-refractivity contribution in [2.75, 3.05) is 7.11 Å². The first-order valence-electron chi connectivity index (χ1n) is 7.90. The van der Waals surface area contributed by atoms with Crippen LogP contribution in [-0.2, 0) is 23.1 Å². The number of ether oxygens (including phenoxy) is 1. The molecule has 1 atom stereocenters. The molecule has 0 aliphatic rings. The maximum absolute atomic E-state index is 12.4. The van der Waals surface area contributed by atoms with Crippen molar-refractivity contribution in [3.05, 3.63) is 56.7 Å². The van der Waals surface area contributed by atoms with Crippen molar-refractivity contribution in [3.63, 3.8) is 0 Å². The highest BCUT2D eigenvalue weighted by molar-refractivity contribution is 8.00. The quantitative estimate of drug-likeness (QED) is 0.531. The van der Waals surface area contributed by atoms with Gasteiger partial charge in [-0.05, 0) is 12.5 Å². The highest BCUT2D eigenvalue weighted by Crippen LogP contribution is 2.26. The molecule has 0 amide bonds. The fourth-order valence-corrected chi connectivity index (χ4v) is 3.52.